The van der Waals surface area contributed by atoms with Gasteiger partial charge in [0.15, 0.2) is 9.84 Å². The first kappa shape index (κ1) is 11.5. The fraction of sp³-hybridized carbons (Fsp3) is 0.308. The Bertz CT molecular complexity index is 789. The minimum absolute atomic E-state index is 0.157. The largest absolute Gasteiger partial charge is 0.299 e. The molecule has 0 spiro atoms. The van der Waals surface area contributed by atoms with Gasteiger partial charge in [0.25, 0.3) is 5.56 Å². The molecule has 3 rings (SSSR count). The lowest BCUT2D eigenvalue weighted by atomic mass is 10.2. The third kappa shape index (κ3) is 1.43. The zero-order valence-electron chi connectivity index (χ0n) is 9.96. The standard InChI is InChI=1S/C13H13NO3S/c1-9-6-7-14-12(18(9,16)17)8-10-4-2-3-5-11(10)13(14)15/h2-5,8-9H,6-7H2,1H3. The van der Waals surface area contributed by atoms with Gasteiger partial charge in [-0.3, -0.25) is 9.36 Å². The van der Waals surface area contributed by atoms with Crippen LogP contribution < -0.4 is 5.56 Å². The zero-order valence-corrected chi connectivity index (χ0v) is 10.8. The molecule has 0 saturated carbocycles. The third-order valence-electron chi connectivity index (χ3n) is 3.56. The molecule has 1 atom stereocenters. The number of benzene rings is 1. The SMILES string of the molecule is CC1CCn2c(cc3ccccc3c2=O)S1(=O)=O. The first-order valence-corrected chi connectivity index (χ1v) is 7.43. The minimum atomic E-state index is -3.37. The summed E-state index contributed by atoms with van der Waals surface area (Å²) in [4.78, 5) is 12.3. The van der Waals surface area contributed by atoms with Crippen LogP contribution in [0.4, 0.5) is 0 Å². The molecule has 1 aliphatic rings. The van der Waals surface area contributed by atoms with Crippen LogP contribution in [-0.4, -0.2) is 18.2 Å². The number of pyridine rings is 1. The van der Waals surface area contributed by atoms with Crippen molar-refractivity contribution in [3.63, 3.8) is 0 Å². The zero-order chi connectivity index (χ0) is 12.9. The van der Waals surface area contributed by atoms with Crippen molar-refractivity contribution in [1.82, 2.24) is 4.57 Å². The number of nitrogens with zero attached hydrogens (tertiary/aromatic N) is 1. The van der Waals surface area contributed by atoms with Gasteiger partial charge in [-0.2, -0.15) is 0 Å². The monoisotopic (exact) mass is 263 g/mol. The Morgan fingerprint density at radius 2 is 2.00 bits per heavy atom. The summed E-state index contributed by atoms with van der Waals surface area (Å²) in [7, 11) is -3.37. The highest BCUT2D eigenvalue weighted by molar-refractivity contribution is 7.92. The number of fused-ring (bicyclic) bond motifs is 2. The molecule has 0 bridgehead atoms. The molecule has 1 aliphatic heterocycles. The van der Waals surface area contributed by atoms with E-state index in [1.54, 1.807) is 37.3 Å². The molecule has 2 aromatic rings. The van der Waals surface area contributed by atoms with Gasteiger partial charge < -0.3 is 0 Å². The lowest BCUT2D eigenvalue weighted by Gasteiger charge is -2.23. The topological polar surface area (TPSA) is 56.1 Å². The molecule has 94 valence electrons. The van der Waals surface area contributed by atoms with Crippen molar-refractivity contribution in [2.24, 2.45) is 0 Å². The maximum absolute atomic E-state index is 12.3. The molecule has 0 fully saturated rings. The van der Waals surface area contributed by atoms with Gasteiger partial charge in [-0.15, -0.1) is 0 Å². The van der Waals surface area contributed by atoms with E-state index in [9.17, 15) is 13.2 Å². The van der Waals surface area contributed by atoms with Gasteiger partial charge in [0, 0.05) is 11.9 Å². The van der Waals surface area contributed by atoms with Crippen molar-refractivity contribution in [1.29, 1.82) is 0 Å². The van der Waals surface area contributed by atoms with E-state index in [2.05, 4.69) is 0 Å². The summed E-state index contributed by atoms with van der Waals surface area (Å²) in [5.41, 5.74) is -0.210. The lowest BCUT2D eigenvalue weighted by Crippen LogP contribution is -2.35. The number of hydrogen-bond donors (Lipinski definition) is 0. The second-order valence-corrected chi connectivity index (χ2v) is 6.98. The van der Waals surface area contributed by atoms with Gasteiger partial charge in [-0.05, 0) is 30.9 Å². The molecule has 1 aromatic heterocycles. The Balaban J connectivity index is 2.48. The Morgan fingerprint density at radius 1 is 1.28 bits per heavy atom. The van der Waals surface area contributed by atoms with Crippen molar-refractivity contribution >= 4 is 20.6 Å². The fourth-order valence-electron chi connectivity index (χ4n) is 2.39. The maximum Gasteiger partial charge on any atom is 0.259 e. The molecule has 1 aromatic carbocycles. The molecule has 1 unspecified atom stereocenters. The van der Waals surface area contributed by atoms with Crippen molar-refractivity contribution in [3.05, 3.63) is 40.7 Å². The van der Waals surface area contributed by atoms with E-state index in [4.69, 9.17) is 0 Å². The lowest BCUT2D eigenvalue weighted by molar-refractivity contribution is 0.496. The van der Waals surface area contributed by atoms with Crippen LogP contribution in [0.25, 0.3) is 10.8 Å². The number of hydrogen-bond acceptors (Lipinski definition) is 3. The van der Waals surface area contributed by atoms with E-state index in [-0.39, 0.29) is 10.6 Å². The van der Waals surface area contributed by atoms with Crippen molar-refractivity contribution in [3.8, 4) is 0 Å². The molecule has 0 saturated heterocycles. The predicted molar refractivity (Wildman–Crippen MR) is 69.5 cm³/mol. The van der Waals surface area contributed by atoms with Gasteiger partial charge in [0.05, 0.1) is 5.25 Å². The summed E-state index contributed by atoms with van der Waals surface area (Å²) in [6.07, 6.45) is 0.494. The first-order valence-electron chi connectivity index (χ1n) is 5.88. The van der Waals surface area contributed by atoms with Crippen LogP contribution in [0.2, 0.25) is 0 Å². The van der Waals surface area contributed by atoms with Crippen molar-refractivity contribution < 1.29 is 8.42 Å². The highest BCUT2D eigenvalue weighted by Crippen LogP contribution is 2.25. The van der Waals surface area contributed by atoms with Gasteiger partial charge >= 0.3 is 0 Å². The fourth-order valence-corrected chi connectivity index (χ4v) is 3.99. The molecule has 0 radical (unpaired) electrons. The Kier molecular flexibility index (Phi) is 2.35. The second kappa shape index (κ2) is 3.68. The predicted octanol–water partition coefficient (Wildman–Crippen LogP) is 1.57. The molecule has 5 heteroatoms. The van der Waals surface area contributed by atoms with Crippen LogP contribution in [0.15, 0.2) is 40.2 Å². The quantitative estimate of drug-likeness (QED) is 0.725. The Hall–Kier alpha value is -1.62. The van der Waals surface area contributed by atoms with Crippen LogP contribution in [0.3, 0.4) is 0 Å². The van der Waals surface area contributed by atoms with E-state index in [1.807, 2.05) is 0 Å². The van der Waals surface area contributed by atoms with Crippen LogP contribution >= 0.6 is 0 Å². The number of sulfone groups is 1. The van der Waals surface area contributed by atoms with Crippen LogP contribution in [-0.2, 0) is 16.4 Å². The normalized spacial score (nSPS) is 21.7. The molecule has 18 heavy (non-hydrogen) atoms. The molecule has 2 heterocycles. The van der Waals surface area contributed by atoms with E-state index < -0.39 is 15.1 Å². The van der Waals surface area contributed by atoms with Gasteiger partial charge in [-0.25, -0.2) is 8.42 Å². The summed E-state index contributed by atoms with van der Waals surface area (Å²) in [5.74, 6) is 0. The molecular weight excluding hydrogens is 250 g/mol. The highest BCUT2D eigenvalue weighted by Gasteiger charge is 2.31. The Morgan fingerprint density at radius 3 is 2.78 bits per heavy atom. The number of rotatable bonds is 0. The minimum Gasteiger partial charge on any atom is -0.299 e. The summed E-state index contributed by atoms with van der Waals surface area (Å²) in [6.45, 7) is 2.16. The van der Waals surface area contributed by atoms with Crippen LogP contribution in [0.5, 0.6) is 0 Å². The van der Waals surface area contributed by atoms with E-state index >= 15 is 0 Å². The highest BCUT2D eigenvalue weighted by atomic mass is 32.2. The van der Waals surface area contributed by atoms with Crippen molar-refractivity contribution in [2.75, 3.05) is 0 Å². The summed E-state index contributed by atoms with van der Waals surface area (Å²) < 4.78 is 25.9. The van der Waals surface area contributed by atoms with Crippen molar-refractivity contribution in [2.45, 2.75) is 30.2 Å². The summed E-state index contributed by atoms with van der Waals surface area (Å²) in [5, 5.41) is 1.00. The molecule has 0 amide bonds. The average Bonchev–Trinajstić information content (AvgIpc) is 2.35. The van der Waals surface area contributed by atoms with E-state index in [0.717, 1.165) is 0 Å². The van der Waals surface area contributed by atoms with Crippen LogP contribution in [0, 0.1) is 0 Å². The first-order chi connectivity index (χ1) is 8.51. The molecule has 0 N–H and O–H groups in total. The van der Waals surface area contributed by atoms with Gasteiger partial charge in [-0.1, -0.05) is 18.2 Å². The molecule has 4 nitrogen and oxygen atoms in total. The second-order valence-electron chi connectivity index (χ2n) is 4.67. The van der Waals surface area contributed by atoms with Gasteiger partial charge in [0.2, 0.25) is 0 Å². The summed E-state index contributed by atoms with van der Waals surface area (Å²) >= 11 is 0. The number of aromatic nitrogens is 1. The Labute approximate surface area is 105 Å². The van der Waals surface area contributed by atoms with E-state index in [0.29, 0.717) is 23.7 Å². The summed E-state index contributed by atoms with van der Waals surface area (Å²) in [6, 6.07) is 8.71. The average molecular weight is 263 g/mol. The molecular formula is C13H13NO3S. The molecule has 0 aliphatic carbocycles. The van der Waals surface area contributed by atoms with E-state index in [1.165, 1.54) is 4.57 Å². The van der Waals surface area contributed by atoms with Gasteiger partial charge in [0.1, 0.15) is 5.03 Å². The maximum atomic E-state index is 12.3. The third-order valence-corrected chi connectivity index (χ3v) is 5.78. The van der Waals surface area contributed by atoms with Crippen LogP contribution in [0.1, 0.15) is 13.3 Å². The smallest absolute Gasteiger partial charge is 0.259 e.